The van der Waals surface area contributed by atoms with Crippen molar-refractivity contribution in [2.75, 3.05) is 7.11 Å². The molecule has 8 heteroatoms. The van der Waals surface area contributed by atoms with Gasteiger partial charge in [0.2, 0.25) is 0 Å². The molecule has 0 saturated heterocycles. The lowest BCUT2D eigenvalue weighted by Gasteiger charge is -2.16. The second-order valence-electron chi connectivity index (χ2n) is 5.74. The molecule has 3 aromatic rings. The number of thiophene rings is 2. The normalized spacial score (nSPS) is 11.5. The molecule has 0 saturated carbocycles. The Kier molecular flexibility index (Phi) is 6.57. The van der Waals surface area contributed by atoms with E-state index in [-0.39, 0.29) is 12.3 Å². The van der Waals surface area contributed by atoms with E-state index in [2.05, 4.69) is 5.32 Å². The zero-order valence-corrected chi connectivity index (χ0v) is 16.5. The number of ether oxygens (including phenoxy) is 2. The van der Waals surface area contributed by atoms with Crippen molar-refractivity contribution >= 4 is 40.5 Å². The Morgan fingerprint density at radius 2 is 1.61 bits per heavy atom. The fourth-order valence-corrected chi connectivity index (χ4v) is 3.68. The van der Waals surface area contributed by atoms with Gasteiger partial charge in [0, 0.05) is 6.42 Å². The Bertz CT molecular complexity index is 934. The van der Waals surface area contributed by atoms with Crippen LogP contribution in [0.4, 0.5) is 0 Å². The molecule has 0 aliphatic carbocycles. The second-order valence-corrected chi connectivity index (χ2v) is 7.64. The molecule has 3 rings (SSSR count). The zero-order valence-electron chi connectivity index (χ0n) is 14.9. The quantitative estimate of drug-likeness (QED) is 0.471. The predicted octanol–water partition coefficient (Wildman–Crippen LogP) is 3.54. The first-order chi connectivity index (χ1) is 13.6. The van der Waals surface area contributed by atoms with Crippen LogP contribution in [0, 0.1) is 0 Å². The van der Waals surface area contributed by atoms with Gasteiger partial charge in [-0.05, 0) is 40.6 Å². The van der Waals surface area contributed by atoms with E-state index in [1.165, 1.54) is 29.8 Å². The van der Waals surface area contributed by atoms with Crippen LogP contribution >= 0.6 is 22.7 Å². The van der Waals surface area contributed by atoms with Crippen molar-refractivity contribution in [1.82, 2.24) is 5.32 Å². The van der Waals surface area contributed by atoms with Crippen LogP contribution in [0.15, 0.2) is 59.3 Å². The van der Waals surface area contributed by atoms with Crippen LogP contribution in [0.25, 0.3) is 0 Å². The third-order valence-corrected chi connectivity index (χ3v) is 5.55. The van der Waals surface area contributed by atoms with Gasteiger partial charge in [-0.25, -0.2) is 9.59 Å². The van der Waals surface area contributed by atoms with Crippen molar-refractivity contribution in [3.05, 3.63) is 74.6 Å². The number of carbonyl (C=O) groups is 3. The monoisotopic (exact) mass is 415 g/mol. The smallest absolute Gasteiger partial charge is 0.353 e. The van der Waals surface area contributed by atoms with Gasteiger partial charge >= 0.3 is 11.9 Å². The molecule has 1 atom stereocenters. The molecule has 1 N–H and O–H groups in total. The van der Waals surface area contributed by atoms with E-state index in [1.54, 1.807) is 59.3 Å². The number of hydrogen-bond acceptors (Lipinski definition) is 7. The summed E-state index contributed by atoms with van der Waals surface area (Å²) in [5.41, 5.74) is 0.790. The number of amides is 1. The highest BCUT2D eigenvalue weighted by Gasteiger charge is 2.23. The van der Waals surface area contributed by atoms with Crippen LogP contribution in [-0.2, 0) is 16.0 Å². The van der Waals surface area contributed by atoms with Crippen molar-refractivity contribution in [3.8, 4) is 5.75 Å². The van der Waals surface area contributed by atoms with Crippen LogP contribution in [0.1, 0.15) is 24.9 Å². The second kappa shape index (κ2) is 9.29. The van der Waals surface area contributed by atoms with Gasteiger partial charge in [-0.3, -0.25) is 4.79 Å². The van der Waals surface area contributed by atoms with E-state index in [4.69, 9.17) is 9.47 Å². The summed E-state index contributed by atoms with van der Waals surface area (Å²) < 4.78 is 10.1. The van der Waals surface area contributed by atoms with Gasteiger partial charge in [0.15, 0.2) is 0 Å². The summed E-state index contributed by atoms with van der Waals surface area (Å²) >= 11 is 2.60. The number of methoxy groups -OCH3 is 1. The van der Waals surface area contributed by atoms with E-state index in [1.807, 2.05) is 0 Å². The first kappa shape index (κ1) is 19.8. The van der Waals surface area contributed by atoms with Gasteiger partial charge in [0.05, 0.1) is 12.0 Å². The molecular weight excluding hydrogens is 398 g/mol. The maximum absolute atomic E-state index is 12.2. The number of nitrogens with one attached hydrogen (secondary N) is 1. The van der Waals surface area contributed by atoms with Gasteiger partial charge < -0.3 is 14.8 Å². The van der Waals surface area contributed by atoms with Gasteiger partial charge in [-0.15, -0.1) is 22.7 Å². The highest BCUT2D eigenvalue weighted by atomic mass is 32.1. The Morgan fingerprint density at radius 3 is 2.18 bits per heavy atom. The highest BCUT2D eigenvalue weighted by molar-refractivity contribution is 7.12. The third kappa shape index (κ3) is 5.05. The number of hydrogen-bond donors (Lipinski definition) is 1. The Hall–Kier alpha value is -2.97. The minimum absolute atomic E-state index is 0.253. The Labute approximate surface area is 169 Å². The van der Waals surface area contributed by atoms with E-state index in [0.29, 0.717) is 15.5 Å². The minimum atomic E-state index is -0.820. The number of carbonyl (C=O) groups excluding carboxylic acids is 3. The molecule has 2 aromatic heterocycles. The molecule has 0 bridgehead atoms. The minimum Gasteiger partial charge on any atom is -0.467 e. The number of esters is 2. The maximum atomic E-state index is 12.2. The highest BCUT2D eigenvalue weighted by Crippen LogP contribution is 2.18. The predicted molar refractivity (Wildman–Crippen MR) is 107 cm³/mol. The molecular formula is C20H17NO5S2. The summed E-state index contributed by atoms with van der Waals surface area (Å²) in [5.74, 6) is -0.872. The van der Waals surface area contributed by atoms with Crippen molar-refractivity contribution in [3.63, 3.8) is 0 Å². The first-order valence-corrected chi connectivity index (χ1v) is 10.1. The van der Waals surface area contributed by atoms with Gasteiger partial charge in [-0.2, -0.15) is 0 Å². The molecule has 2 heterocycles. The van der Waals surface area contributed by atoms with E-state index >= 15 is 0 Å². The fourth-order valence-electron chi connectivity index (χ4n) is 2.45. The van der Waals surface area contributed by atoms with Crippen LogP contribution < -0.4 is 10.1 Å². The van der Waals surface area contributed by atoms with E-state index in [9.17, 15) is 14.4 Å². The average molecular weight is 415 g/mol. The molecule has 0 aliphatic heterocycles. The molecule has 0 fully saturated rings. The largest absolute Gasteiger partial charge is 0.467 e. The number of rotatable bonds is 7. The standard InChI is InChI=1S/C20H17NO5S2/c1-25-19(23)15(21-18(22)16-4-2-10-27-16)12-13-6-8-14(9-7-13)26-20(24)17-5-3-11-28-17/h2-11,15H,12H2,1H3,(H,21,22)/t15-/m0/s1. The van der Waals surface area contributed by atoms with Crippen LogP contribution in [0.2, 0.25) is 0 Å². The molecule has 144 valence electrons. The van der Waals surface area contributed by atoms with Crippen LogP contribution in [-0.4, -0.2) is 31.0 Å². The molecule has 0 aliphatic rings. The summed E-state index contributed by atoms with van der Waals surface area (Å²) in [6.45, 7) is 0. The van der Waals surface area contributed by atoms with Crippen LogP contribution in [0.5, 0.6) is 5.75 Å². The summed E-state index contributed by atoms with van der Waals surface area (Å²) in [6.07, 6.45) is 0.253. The molecule has 0 spiro atoms. The van der Waals surface area contributed by atoms with Gasteiger partial charge in [0.25, 0.3) is 5.91 Å². The molecule has 0 radical (unpaired) electrons. The molecule has 1 aromatic carbocycles. The van der Waals surface area contributed by atoms with E-state index in [0.717, 1.165) is 5.56 Å². The van der Waals surface area contributed by atoms with Gasteiger partial charge in [-0.1, -0.05) is 24.3 Å². The number of benzene rings is 1. The summed E-state index contributed by atoms with van der Waals surface area (Å²) in [6, 6.07) is 12.9. The Morgan fingerprint density at radius 1 is 0.964 bits per heavy atom. The molecule has 28 heavy (non-hydrogen) atoms. The Balaban J connectivity index is 1.64. The maximum Gasteiger partial charge on any atom is 0.353 e. The SMILES string of the molecule is COC(=O)[C@H](Cc1ccc(OC(=O)c2cccs2)cc1)NC(=O)c1cccs1. The average Bonchev–Trinajstić information content (AvgIpc) is 3.42. The molecule has 1 amide bonds. The van der Waals surface area contributed by atoms with E-state index < -0.39 is 18.0 Å². The van der Waals surface area contributed by atoms with Crippen molar-refractivity contribution < 1.29 is 23.9 Å². The fraction of sp³-hybridized carbons (Fsp3) is 0.150. The van der Waals surface area contributed by atoms with Crippen molar-refractivity contribution in [2.45, 2.75) is 12.5 Å². The summed E-state index contributed by atoms with van der Waals surface area (Å²) in [7, 11) is 1.28. The topological polar surface area (TPSA) is 81.7 Å². The summed E-state index contributed by atoms with van der Waals surface area (Å²) in [5, 5.41) is 6.29. The zero-order chi connectivity index (χ0) is 19.9. The van der Waals surface area contributed by atoms with Crippen molar-refractivity contribution in [2.24, 2.45) is 0 Å². The lowest BCUT2D eigenvalue weighted by molar-refractivity contribution is -0.142. The first-order valence-electron chi connectivity index (χ1n) is 8.33. The third-order valence-electron chi connectivity index (χ3n) is 3.83. The molecule has 6 nitrogen and oxygen atoms in total. The molecule has 0 unspecified atom stereocenters. The van der Waals surface area contributed by atoms with Crippen LogP contribution in [0.3, 0.4) is 0 Å². The summed E-state index contributed by atoms with van der Waals surface area (Å²) in [4.78, 5) is 37.3. The lowest BCUT2D eigenvalue weighted by atomic mass is 10.1. The lowest BCUT2D eigenvalue weighted by Crippen LogP contribution is -2.42. The van der Waals surface area contributed by atoms with Gasteiger partial charge in [0.1, 0.15) is 16.7 Å². The van der Waals surface area contributed by atoms with Crippen molar-refractivity contribution in [1.29, 1.82) is 0 Å².